The first-order valence-corrected chi connectivity index (χ1v) is 13.5. The van der Waals surface area contributed by atoms with Gasteiger partial charge in [0, 0.05) is 23.1 Å². The van der Waals surface area contributed by atoms with Crippen LogP contribution in [-0.4, -0.2) is 46.6 Å². The quantitative estimate of drug-likeness (QED) is 0.212. The maximum absolute atomic E-state index is 12.9. The molecule has 4 rings (SSSR count). The van der Waals surface area contributed by atoms with Gasteiger partial charge in [-0.2, -0.15) is 0 Å². The molecule has 0 radical (unpaired) electrons. The first kappa shape index (κ1) is 26.4. The molecule has 0 bridgehead atoms. The second-order valence-corrected chi connectivity index (χ2v) is 10.1. The van der Waals surface area contributed by atoms with E-state index in [-0.39, 0.29) is 11.7 Å². The lowest BCUT2D eigenvalue weighted by Crippen LogP contribution is -2.16. The topological polar surface area (TPSA) is 95.3 Å². The van der Waals surface area contributed by atoms with Crippen LogP contribution in [-0.2, 0) is 16.1 Å². The van der Waals surface area contributed by atoms with E-state index in [2.05, 4.69) is 15.5 Å². The third kappa shape index (κ3) is 5.70. The molecular formula is C27H28N4O4S2. The number of nitrogens with zero attached hydrogens (tertiary/aromatic N) is 3. The van der Waals surface area contributed by atoms with Gasteiger partial charge in [0.1, 0.15) is 16.3 Å². The summed E-state index contributed by atoms with van der Waals surface area (Å²) in [7, 11) is 2.96. The Bertz CT molecular complexity index is 1440. The molecule has 0 unspecified atom stereocenters. The van der Waals surface area contributed by atoms with Gasteiger partial charge in [0.2, 0.25) is 5.91 Å². The van der Waals surface area contributed by atoms with Crippen molar-refractivity contribution in [2.24, 2.45) is 0 Å². The molecule has 2 aromatic carbocycles. The second kappa shape index (κ2) is 11.6. The smallest absolute Gasteiger partial charge is 0.341 e. The van der Waals surface area contributed by atoms with Crippen LogP contribution in [0.1, 0.15) is 28.4 Å². The number of esters is 1. The van der Waals surface area contributed by atoms with Crippen LogP contribution in [0.25, 0.3) is 22.5 Å². The normalized spacial score (nSPS) is 10.8. The molecule has 192 valence electrons. The largest absolute Gasteiger partial charge is 0.497 e. The van der Waals surface area contributed by atoms with Gasteiger partial charge < -0.3 is 19.4 Å². The van der Waals surface area contributed by atoms with Crippen molar-refractivity contribution in [3.63, 3.8) is 0 Å². The van der Waals surface area contributed by atoms with Gasteiger partial charge in [0.25, 0.3) is 0 Å². The zero-order valence-electron chi connectivity index (χ0n) is 21.3. The van der Waals surface area contributed by atoms with Crippen molar-refractivity contribution >= 4 is 40.0 Å². The lowest BCUT2D eigenvalue weighted by Gasteiger charge is -2.10. The summed E-state index contributed by atoms with van der Waals surface area (Å²) in [6.45, 7) is 6.63. The number of thiophene rings is 1. The number of methoxy groups -OCH3 is 2. The predicted molar refractivity (Wildman–Crippen MR) is 148 cm³/mol. The first-order valence-electron chi connectivity index (χ1n) is 11.6. The molecule has 0 aliphatic rings. The predicted octanol–water partition coefficient (Wildman–Crippen LogP) is 5.84. The summed E-state index contributed by atoms with van der Waals surface area (Å²) in [5.74, 6) is 0.794. The number of thioether (sulfide) groups is 1. The van der Waals surface area contributed by atoms with Crippen LogP contribution in [0, 0.1) is 13.8 Å². The molecule has 0 fully saturated rings. The standard InChI is InChI=1S/C27H28N4O4S2/c1-6-31-24(18-8-7-9-19(13-18)34-4)29-30-27(31)37-15-22(32)28-25-23(26(33)35-5)21(14-36-25)20-12-16(2)10-11-17(20)3/h7-14H,6,15H2,1-5H3,(H,28,32). The van der Waals surface area contributed by atoms with E-state index < -0.39 is 5.97 Å². The van der Waals surface area contributed by atoms with E-state index in [1.807, 2.05) is 73.2 Å². The fourth-order valence-electron chi connectivity index (χ4n) is 3.93. The molecule has 0 aliphatic heterocycles. The number of ether oxygens (including phenoxy) is 2. The fraction of sp³-hybridized carbons (Fsp3) is 0.259. The highest BCUT2D eigenvalue weighted by atomic mass is 32.2. The Morgan fingerprint density at radius 2 is 1.89 bits per heavy atom. The van der Waals surface area contributed by atoms with E-state index >= 15 is 0 Å². The lowest BCUT2D eigenvalue weighted by molar-refractivity contribution is -0.113. The summed E-state index contributed by atoms with van der Waals surface area (Å²) in [4.78, 5) is 25.6. The van der Waals surface area contributed by atoms with E-state index in [1.165, 1.54) is 30.2 Å². The average molecular weight is 537 g/mol. The molecule has 10 heteroatoms. The number of carbonyl (C=O) groups excluding carboxylic acids is 2. The van der Waals surface area contributed by atoms with Gasteiger partial charge in [-0.05, 0) is 44.0 Å². The minimum Gasteiger partial charge on any atom is -0.497 e. The van der Waals surface area contributed by atoms with Crippen LogP contribution in [0.5, 0.6) is 5.75 Å². The van der Waals surface area contributed by atoms with Gasteiger partial charge >= 0.3 is 5.97 Å². The maximum Gasteiger partial charge on any atom is 0.341 e. The molecule has 0 spiro atoms. The highest BCUT2D eigenvalue weighted by Crippen LogP contribution is 2.38. The Kier molecular flexibility index (Phi) is 8.30. The third-order valence-electron chi connectivity index (χ3n) is 5.81. The summed E-state index contributed by atoms with van der Waals surface area (Å²) in [5, 5.41) is 14.5. The molecule has 4 aromatic rings. The Morgan fingerprint density at radius 3 is 2.62 bits per heavy atom. The number of nitrogens with one attached hydrogen (secondary N) is 1. The van der Waals surface area contributed by atoms with E-state index in [0.717, 1.165) is 33.6 Å². The summed E-state index contributed by atoms with van der Waals surface area (Å²) >= 11 is 2.59. The van der Waals surface area contributed by atoms with Crippen molar-refractivity contribution in [1.29, 1.82) is 0 Å². The number of aryl methyl sites for hydroxylation is 2. The first-order chi connectivity index (χ1) is 17.9. The molecule has 2 heterocycles. The number of anilines is 1. The number of carbonyl (C=O) groups is 2. The number of aromatic nitrogens is 3. The fourth-order valence-corrected chi connectivity index (χ4v) is 5.69. The molecule has 0 saturated carbocycles. The Hall–Kier alpha value is -3.63. The third-order valence-corrected chi connectivity index (χ3v) is 7.67. The molecule has 37 heavy (non-hydrogen) atoms. The molecule has 0 atom stereocenters. The monoisotopic (exact) mass is 536 g/mol. The summed E-state index contributed by atoms with van der Waals surface area (Å²) in [6, 6.07) is 13.7. The van der Waals surface area contributed by atoms with Crippen LogP contribution in [0.2, 0.25) is 0 Å². The van der Waals surface area contributed by atoms with E-state index in [9.17, 15) is 9.59 Å². The van der Waals surface area contributed by atoms with Crippen molar-refractivity contribution in [3.8, 4) is 28.3 Å². The molecule has 0 aliphatic carbocycles. The molecule has 8 nitrogen and oxygen atoms in total. The summed E-state index contributed by atoms with van der Waals surface area (Å²) < 4.78 is 12.3. The van der Waals surface area contributed by atoms with Gasteiger partial charge in [0.15, 0.2) is 11.0 Å². The SMILES string of the molecule is CCn1c(SCC(=O)Nc2scc(-c3cc(C)ccc3C)c2C(=O)OC)nnc1-c1cccc(OC)c1. The van der Waals surface area contributed by atoms with Crippen LogP contribution in [0.4, 0.5) is 5.00 Å². The van der Waals surface area contributed by atoms with Crippen molar-refractivity contribution in [3.05, 3.63) is 64.5 Å². The zero-order chi connectivity index (χ0) is 26.5. The van der Waals surface area contributed by atoms with Crippen LogP contribution < -0.4 is 10.1 Å². The van der Waals surface area contributed by atoms with Crippen LogP contribution >= 0.6 is 23.1 Å². The van der Waals surface area contributed by atoms with E-state index in [4.69, 9.17) is 9.47 Å². The molecule has 2 aromatic heterocycles. The Morgan fingerprint density at radius 1 is 1.08 bits per heavy atom. The van der Waals surface area contributed by atoms with Gasteiger partial charge in [-0.1, -0.05) is 47.7 Å². The highest BCUT2D eigenvalue weighted by molar-refractivity contribution is 7.99. The van der Waals surface area contributed by atoms with Crippen molar-refractivity contribution < 1.29 is 19.1 Å². The van der Waals surface area contributed by atoms with Crippen LogP contribution in [0.3, 0.4) is 0 Å². The molecular weight excluding hydrogens is 508 g/mol. The highest BCUT2D eigenvalue weighted by Gasteiger charge is 2.24. The average Bonchev–Trinajstić information content (AvgIpc) is 3.52. The van der Waals surface area contributed by atoms with Gasteiger partial charge in [-0.25, -0.2) is 4.79 Å². The van der Waals surface area contributed by atoms with Crippen molar-refractivity contribution in [2.75, 3.05) is 25.3 Å². The maximum atomic E-state index is 12.9. The number of hydrogen-bond donors (Lipinski definition) is 1. The number of rotatable bonds is 9. The summed E-state index contributed by atoms with van der Waals surface area (Å²) in [6.07, 6.45) is 0. The minimum absolute atomic E-state index is 0.105. The minimum atomic E-state index is -0.492. The zero-order valence-corrected chi connectivity index (χ0v) is 23.0. The van der Waals surface area contributed by atoms with Gasteiger partial charge in [0.05, 0.1) is 20.0 Å². The molecule has 1 N–H and O–H groups in total. The van der Waals surface area contributed by atoms with Crippen molar-refractivity contribution in [1.82, 2.24) is 14.8 Å². The number of hydrogen-bond acceptors (Lipinski definition) is 8. The van der Waals surface area contributed by atoms with E-state index in [1.54, 1.807) is 7.11 Å². The van der Waals surface area contributed by atoms with Gasteiger partial charge in [-0.3, -0.25) is 4.79 Å². The molecule has 0 saturated heterocycles. The van der Waals surface area contributed by atoms with E-state index in [0.29, 0.717) is 28.1 Å². The molecule has 1 amide bonds. The Labute approximate surface area is 224 Å². The van der Waals surface area contributed by atoms with Crippen molar-refractivity contribution in [2.45, 2.75) is 32.5 Å². The number of benzene rings is 2. The second-order valence-electron chi connectivity index (χ2n) is 8.28. The van der Waals surface area contributed by atoms with Gasteiger partial charge in [-0.15, -0.1) is 21.5 Å². The van der Waals surface area contributed by atoms with Crippen LogP contribution in [0.15, 0.2) is 53.0 Å². The Balaban J connectivity index is 1.53. The summed E-state index contributed by atoms with van der Waals surface area (Å²) in [5.41, 5.74) is 5.04. The lowest BCUT2D eigenvalue weighted by atomic mass is 9.97. The number of amides is 1.